The minimum absolute atomic E-state index is 0.0789. The van der Waals surface area contributed by atoms with E-state index >= 15 is 0 Å². The quantitative estimate of drug-likeness (QED) is 0.875. The van der Waals surface area contributed by atoms with E-state index in [9.17, 15) is 9.90 Å². The van der Waals surface area contributed by atoms with Crippen molar-refractivity contribution >= 4 is 6.09 Å². The highest BCUT2D eigenvalue weighted by Crippen LogP contribution is 2.22. The number of ether oxygens (including phenoxy) is 1. The van der Waals surface area contributed by atoms with Crippen molar-refractivity contribution in [3.8, 4) is 0 Å². The molecule has 2 heterocycles. The summed E-state index contributed by atoms with van der Waals surface area (Å²) in [6, 6.07) is 1.76. The summed E-state index contributed by atoms with van der Waals surface area (Å²) >= 11 is 0. The van der Waals surface area contributed by atoms with Crippen LogP contribution in [0.25, 0.3) is 0 Å². The number of carbonyl (C=O) groups excluding carboxylic acids is 1. The maximum absolute atomic E-state index is 12.1. The monoisotopic (exact) mass is 267 g/mol. The van der Waals surface area contributed by atoms with Crippen molar-refractivity contribution in [2.75, 3.05) is 6.54 Å². The summed E-state index contributed by atoms with van der Waals surface area (Å²) in [5.74, 6) is 0. The Morgan fingerprint density at radius 3 is 2.84 bits per heavy atom. The fourth-order valence-electron chi connectivity index (χ4n) is 2.23. The number of β-amino-alcohol motifs (C(OH)–C–C–N with tert-alkyl or cyclic N) is 1. The predicted octanol–water partition coefficient (Wildman–Crippen LogP) is 1.25. The molecule has 106 valence electrons. The van der Waals surface area contributed by atoms with Gasteiger partial charge in [0.2, 0.25) is 0 Å². The van der Waals surface area contributed by atoms with Crippen LogP contribution in [-0.2, 0) is 11.3 Å². The Morgan fingerprint density at radius 2 is 2.26 bits per heavy atom. The van der Waals surface area contributed by atoms with Crippen molar-refractivity contribution in [3.63, 3.8) is 0 Å². The number of hydrogen-bond acceptors (Lipinski definition) is 4. The Balaban J connectivity index is 2.03. The lowest BCUT2D eigenvalue weighted by Gasteiger charge is -2.28. The lowest BCUT2D eigenvalue weighted by Crippen LogP contribution is -2.41. The minimum Gasteiger partial charge on any atom is -0.444 e. The smallest absolute Gasteiger partial charge is 0.410 e. The molecule has 1 amide bonds. The first-order chi connectivity index (χ1) is 8.85. The van der Waals surface area contributed by atoms with E-state index in [-0.39, 0.29) is 12.1 Å². The average molecular weight is 267 g/mol. The number of aromatic nitrogens is 2. The standard InChI is InChI=1S/C13H21N3O3/c1-13(2,3)19-12(18)16-9-11(17)7-10(16)8-15-6-4-5-14-15/h4-6,10-11,17H,7-9H2,1-3H3/t10-,11+/m1/s1. The van der Waals surface area contributed by atoms with E-state index in [0.717, 1.165) is 0 Å². The van der Waals surface area contributed by atoms with Crippen LogP contribution in [0.5, 0.6) is 0 Å². The molecule has 1 saturated heterocycles. The number of hydrogen-bond donors (Lipinski definition) is 1. The molecule has 0 saturated carbocycles. The van der Waals surface area contributed by atoms with Crippen LogP contribution in [0.4, 0.5) is 4.79 Å². The molecule has 0 spiro atoms. The van der Waals surface area contributed by atoms with Crippen molar-refractivity contribution in [3.05, 3.63) is 18.5 Å². The molecule has 1 fully saturated rings. The number of aliphatic hydroxyl groups excluding tert-OH is 1. The lowest BCUT2D eigenvalue weighted by molar-refractivity contribution is 0.0195. The Hall–Kier alpha value is -1.56. The number of nitrogens with zero attached hydrogens (tertiary/aromatic N) is 3. The van der Waals surface area contributed by atoms with E-state index < -0.39 is 11.7 Å². The molecule has 0 radical (unpaired) electrons. The number of amides is 1. The van der Waals surface area contributed by atoms with Crippen molar-refractivity contribution < 1.29 is 14.6 Å². The summed E-state index contributed by atoms with van der Waals surface area (Å²) in [6.07, 6.45) is 3.23. The van der Waals surface area contributed by atoms with E-state index in [1.807, 2.05) is 33.0 Å². The fraction of sp³-hybridized carbons (Fsp3) is 0.692. The fourth-order valence-corrected chi connectivity index (χ4v) is 2.23. The molecular formula is C13H21N3O3. The number of rotatable bonds is 2. The molecule has 19 heavy (non-hydrogen) atoms. The van der Waals surface area contributed by atoms with Crippen LogP contribution in [-0.4, -0.2) is 50.2 Å². The first-order valence-electron chi connectivity index (χ1n) is 6.50. The van der Waals surface area contributed by atoms with Gasteiger partial charge in [0, 0.05) is 12.4 Å². The molecule has 0 aliphatic carbocycles. The van der Waals surface area contributed by atoms with Gasteiger partial charge >= 0.3 is 6.09 Å². The Morgan fingerprint density at radius 1 is 1.53 bits per heavy atom. The van der Waals surface area contributed by atoms with Crippen molar-refractivity contribution in [1.82, 2.24) is 14.7 Å². The van der Waals surface area contributed by atoms with E-state index in [2.05, 4.69) is 5.10 Å². The summed E-state index contributed by atoms with van der Waals surface area (Å²) in [4.78, 5) is 13.7. The van der Waals surface area contributed by atoms with Gasteiger partial charge in [0.05, 0.1) is 25.2 Å². The van der Waals surface area contributed by atoms with Gasteiger partial charge in [-0.3, -0.25) is 4.68 Å². The van der Waals surface area contributed by atoms with Crippen molar-refractivity contribution in [2.24, 2.45) is 0 Å². The first-order valence-corrected chi connectivity index (χ1v) is 6.50. The average Bonchev–Trinajstić information content (AvgIpc) is 2.86. The van der Waals surface area contributed by atoms with E-state index in [0.29, 0.717) is 19.5 Å². The van der Waals surface area contributed by atoms with Gasteiger partial charge in [0.25, 0.3) is 0 Å². The van der Waals surface area contributed by atoms with Crippen LogP contribution in [0, 0.1) is 0 Å². The van der Waals surface area contributed by atoms with Crippen molar-refractivity contribution in [2.45, 2.75) is 51.5 Å². The molecule has 1 aromatic heterocycles. The zero-order valence-electron chi connectivity index (χ0n) is 11.6. The molecular weight excluding hydrogens is 246 g/mol. The van der Waals surface area contributed by atoms with Gasteiger partial charge in [-0.2, -0.15) is 5.10 Å². The van der Waals surface area contributed by atoms with Gasteiger partial charge in [-0.15, -0.1) is 0 Å². The van der Waals surface area contributed by atoms with Crippen molar-refractivity contribution in [1.29, 1.82) is 0 Å². The van der Waals surface area contributed by atoms with Gasteiger partial charge in [-0.25, -0.2) is 4.79 Å². The van der Waals surface area contributed by atoms with Gasteiger partial charge < -0.3 is 14.7 Å². The zero-order valence-corrected chi connectivity index (χ0v) is 11.6. The molecule has 2 atom stereocenters. The molecule has 0 unspecified atom stereocenters. The topological polar surface area (TPSA) is 67.6 Å². The van der Waals surface area contributed by atoms with Gasteiger partial charge in [0.1, 0.15) is 5.60 Å². The minimum atomic E-state index is -0.527. The SMILES string of the molecule is CC(C)(C)OC(=O)N1C[C@@H](O)C[C@@H]1Cn1cccn1. The van der Waals surface area contributed by atoms with Gasteiger partial charge in [-0.05, 0) is 33.3 Å². The number of likely N-dealkylation sites (tertiary alicyclic amines) is 1. The molecule has 6 heteroatoms. The Bertz CT molecular complexity index is 425. The third kappa shape index (κ3) is 3.70. The third-order valence-corrected chi connectivity index (χ3v) is 2.98. The van der Waals surface area contributed by atoms with E-state index in [1.165, 1.54) is 0 Å². The summed E-state index contributed by atoms with van der Waals surface area (Å²) in [5, 5.41) is 13.9. The molecule has 1 aliphatic rings. The highest BCUT2D eigenvalue weighted by atomic mass is 16.6. The normalized spacial score (nSPS) is 23.7. The lowest BCUT2D eigenvalue weighted by atomic mass is 10.2. The third-order valence-electron chi connectivity index (χ3n) is 2.98. The molecule has 0 bridgehead atoms. The molecule has 1 N–H and O–H groups in total. The summed E-state index contributed by atoms with van der Waals surface area (Å²) < 4.78 is 7.13. The highest BCUT2D eigenvalue weighted by molar-refractivity contribution is 5.69. The maximum Gasteiger partial charge on any atom is 0.410 e. The number of aliphatic hydroxyl groups is 1. The second-order valence-corrected chi connectivity index (χ2v) is 5.90. The Labute approximate surface area is 113 Å². The van der Waals surface area contributed by atoms with Crippen LogP contribution in [0.2, 0.25) is 0 Å². The van der Waals surface area contributed by atoms with Crippen LogP contribution in [0.3, 0.4) is 0 Å². The van der Waals surface area contributed by atoms with Crippen LogP contribution in [0.15, 0.2) is 18.5 Å². The van der Waals surface area contributed by atoms with Crippen LogP contribution in [0.1, 0.15) is 27.2 Å². The molecule has 2 rings (SSSR count). The second kappa shape index (κ2) is 5.21. The van der Waals surface area contributed by atoms with Crippen LogP contribution >= 0.6 is 0 Å². The predicted molar refractivity (Wildman–Crippen MR) is 69.6 cm³/mol. The first kappa shape index (κ1) is 13.9. The molecule has 6 nitrogen and oxygen atoms in total. The summed E-state index contributed by atoms with van der Waals surface area (Å²) in [6.45, 7) is 6.39. The zero-order chi connectivity index (χ0) is 14.0. The van der Waals surface area contributed by atoms with E-state index in [4.69, 9.17) is 4.74 Å². The molecule has 0 aromatic carbocycles. The number of carbonyl (C=O) groups is 1. The van der Waals surface area contributed by atoms with Gasteiger partial charge in [0.15, 0.2) is 0 Å². The highest BCUT2D eigenvalue weighted by Gasteiger charge is 2.36. The summed E-state index contributed by atoms with van der Waals surface area (Å²) in [7, 11) is 0. The molecule has 1 aliphatic heterocycles. The second-order valence-electron chi connectivity index (χ2n) is 5.90. The largest absolute Gasteiger partial charge is 0.444 e. The Kier molecular flexibility index (Phi) is 3.80. The summed E-state index contributed by atoms with van der Waals surface area (Å²) in [5.41, 5.74) is -0.527. The van der Waals surface area contributed by atoms with Crippen LogP contribution < -0.4 is 0 Å². The van der Waals surface area contributed by atoms with Gasteiger partial charge in [-0.1, -0.05) is 0 Å². The van der Waals surface area contributed by atoms with E-state index in [1.54, 1.807) is 15.8 Å². The maximum atomic E-state index is 12.1. The molecule has 1 aromatic rings.